The van der Waals surface area contributed by atoms with Crippen molar-refractivity contribution in [2.75, 3.05) is 6.54 Å². The van der Waals surface area contributed by atoms with E-state index in [0.29, 0.717) is 21.0 Å². The normalized spacial score (nSPS) is 9.74. The summed E-state index contributed by atoms with van der Waals surface area (Å²) in [6.07, 6.45) is 0. The molecule has 0 aliphatic carbocycles. The number of rotatable bonds is 4. The maximum absolute atomic E-state index is 11.7. The molecule has 0 fully saturated rings. The second-order valence-electron chi connectivity index (χ2n) is 3.75. The van der Waals surface area contributed by atoms with Gasteiger partial charge >= 0.3 is 0 Å². The number of carbonyl (C=O) groups excluding carboxylic acids is 2. The Morgan fingerprint density at radius 3 is 2.58 bits per heavy atom. The Kier molecular flexibility index (Phi) is 4.53. The van der Waals surface area contributed by atoms with Gasteiger partial charge in [0.05, 0.1) is 17.0 Å². The van der Waals surface area contributed by atoms with Crippen LogP contribution in [-0.4, -0.2) is 18.4 Å². The standard InChI is InChI=1S/C14H10ClNO2S/c15-12-5-3-10(4-6-12)11(9-17)8-16-14(18)13-2-1-7-19-13/h1-7H,8H2,(H,16,18). The average Bonchev–Trinajstić information content (AvgIpc) is 2.95. The fourth-order valence-corrected chi connectivity index (χ4v) is 2.28. The first-order valence-corrected chi connectivity index (χ1v) is 6.78. The molecule has 0 saturated carbocycles. The van der Waals surface area contributed by atoms with Crippen LogP contribution in [0.5, 0.6) is 0 Å². The van der Waals surface area contributed by atoms with Crippen LogP contribution in [0, 0.1) is 0 Å². The second-order valence-corrected chi connectivity index (χ2v) is 5.13. The first-order chi connectivity index (χ1) is 9.20. The topological polar surface area (TPSA) is 46.2 Å². The van der Waals surface area contributed by atoms with Crippen LogP contribution in [0.1, 0.15) is 15.2 Å². The molecule has 0 saturated heterocycles. The van der Waals surface area contributed by atoms with Gasteiger partial charge in [0.1, 0.15) is 5.94 Å². The van der Waals surface area contributed by atoms with Crippen LogP contribution in [0.25, 0.3) is 5.57 Å². The lowest BCUT2D eigenvalue weighted by Gasteiger charge is -2.05. The van der Waals surface area contributed by atoms with Crippen LogP contribution >= 0.6 is 22.9 Å². The van der Waals surface area contributed by atoms with Gasteiger partial charge in [-0.3, -0.25) is 4.79 Å². The third kappa shape index (κ3) is 3.55. The summed E-state index contributed by atoms with van der Waals surface area (Å²) in [6.45, 7) is 0.141. The Morgan fingerprint density at radius 1 is 1.26 bits per heavy atom. The maximum Gasteiger partial charge on any atom is 0.261 e. The van der Waals surface area contributed by atoms with Crippen molar-refractivity contribution >= 4 is 40.4 Å². The molecule has 2 rings (SSSR count). The van der Waals surface area contributed by atoms with Gasteiger partial charge in [-0.1, -0.05) is 29.8 Å². The number of carbonyl (C=O) groups is 1. The number of nitrogens with one attached hydrogen (secondary N) is 1. The molecular weight excluding hydrogens is 282 g/mol. The zero-order chi connectivity index (χ0) is 13.7. The van der Waals surface area contributed by atoms with E-state index in [0.717, 1.165) is 0 Å². The molecule has 0 unspecified atom stereocenters. The fraction of sp³-hybridized carbons (Fsp3) is 0.0714. The third-order valence-electron chi connectivity index (χ3n) is 2.49. The van der Waals surface area contributed by atoms with Gasteiger partial charge in [0.15, 0.2) is 0 Å². The van der Waals surface area contributed by atoms with Gasteiger partial charge in [0.2, 0.25) is 0 Å². The predicted molar refractivity (Wildman–Crippen MR) is 77.2 cm³/mol. The van der Waals surface area contributed by atoms with Crippen LogP contribution in [0.4, 0.5) is 0 Å². The minimum absolute atomic E-state index is 0.141. The highest BCUT2D eigenvalue weighted by Crippen LogP contribution is 2.15. The summed E-state index contributed by atoms with van der Waals surface area (Å²) >= 11 is 7.13. The minimum Gasteiger partial charge on any atom is -0.346 e. The van der Waals surface area contributed by atoms with Gasteiger partial charge < -0.3 is 5.32 Å². The molecule has 1 heterocycles. The van der Waals surface area contributed by atoms with Crippen molar-refractivity contribution < 1.29 is 9.59 Å². The van der Waals surface area contributed by atoms with E-state index in [1.54, 1.807) is 36.4 Å². The first kappa shape index (κ1) is 13.6. The molecule has 3 nitrogen and oxygen atoms in total. The molecule has 1 N–H and O–H groups in total. The van der Waals surface area contributed by atoms with Gasteiger partial charge in [-0.25, -0.2) is 4.79 Å². The van der Waals surface area contributed by atoms with Crippen molar-refractivity contribution in [3.05, 3.63) is 57.2 Å². The van der Waals surface area contributed by atoms with Crippen LogP contribution in [0.15, 0.2) is 41.8 Å². The zero-order valence-corrected chi connectivity index (χ0v) is 11.4. The van der Waals surface area contributed by atoms with Crippen LogP contribution in [0.2, 0.25) is 5.02 Å². The van der Waals surface area contributed by atoms with Gasteiger partial charge in [0.25, 0.3) is 5.91 Å². The van der Waals surface area contributed by atoms with Crippen LogP contribution < -0.4 is 5.32 Å². The van der Waals surface area contributed by atoms with E-state index in [-0.39, 0.29) is 12.5 Å². The van der Waals surface area contributed by atoms with E-state index in [2.05, 4.69) is 5.32 Å². The molecule has 0 bridgehead atoms. The third-order valence-corrected chi connectivity index (χ3v) is 3.61. The van der Waals surface area contributed by atoms with E-state index < -0.39 is 0 Å². The van der Waals surface area contributed by atoms with E-state index in [1.165, 1.54) is 11.3 Å². The molecule has 1 aromatic carbocycles. The Hall–Kier alpha value is -1.87. The lowest BCUT2D eigenvalue weighted by molar-refractivity contribution is 0.0963. The van der Waals surface area contributed by atoms with Crippen LogP contribution in [0.3, 0.4) is 0 Å². The van der Waals surface area contributed by atoms with Crippen LogP contribution in [-0.2, 0) is 4.79 Å². The molecule has 96 valence electrons. The number of hydrogen-bond acceptors (Lipinski definition) is 3. The van der Waals surface area contributed by atoms with Gasteiger partial charge in [-0.15, -0.1) is 11.3 Å². The predicted octanol–water partition coefficient (Wildman–Crippen LogP) is 3.05. The summed E-state index contributed by atoms with van der Waals surface area (Å²) in [4.78, 5) is 23.3. The lowest BCUT2D eigenvalue weighted by Crippen LogP contribution is -2.24. The second kappa shape index (κ2) is 6.34. The Labute approximate surface area is 119 Å². The highest BCUT2D eigenvalue weighted by atomic mass is 35.5. The van der Waals surface area contributed by atoms with Crippen molar-refractivity contribution in [2.24, 2.45) is 0 Å². The summed E-state index contributed by atoms with van der Waals surface area (Å²) < 4.78 is 0. The molecule has 0 spiro atoms. The van der Waals surface area contributed by atoms with Crippen molar-refractivity contribution in [2.45, 2.75) is 0 Å². The van der Waals surface area contributed by atoms with Gasteiger partial charge in [0, 0.05) is 5.02 Å². The Balaban J connectivity index is 2.03. The van der Waals surface area contributed by atoms with E-state index >= 15 is 0 Å². The quantitative estimate of drug-likeness (QED) is 0.880. The molecule has 5 heteroatoms. The van der Waals surface area contributed by atoms with Crippen molar-refractivity contribution in [1.29, 1.82) is 0 Å². The maximum atomic E-state index is 11.7. The van der Waals surface area contributed by atoms with E-state index in [4.69, 9.17) is 11.6 Å². The molecular formula is C14H10ClNO2S. The molecule has 2 aromatic rings. The number of thiophene rings is 1. The Bertz CT molecular complexity index is 613. The number of hydrogen-bond donors (Lipinski definition) is 1. The monoisotopic (exact) mass is 291 g/mol. The molecule has 1 aromatic heterocycles. The SMILES string of the molecule is O=C=C(CNC(=O)c1cccs1)c1ccc(Cl)cc1. The molecule has 0 aliphatic rings. The number of benzene rings is 1. The smallest absolute Gasteiger partial charge is 0.261 e. The zero-order valence-electron chi connectivity index (χ0n) is 9.85. The summed E-state index contributed by atoms with van der Waals surface area (Å²) in [5.41, 5.74) is 1.09. The minimum atomic E-state index is -0.197. The summed E-state index contributed by atoms with van der Waals surface area (Å²) in [6, 6.07) is 10.4. The highest BCUT2D eigenvalue weighted by Gasteiger charge is 2.08. The van der Waals surface area contributed by atoms with E-state index in [1.807, 2.05) is 11.3 Å². The molecule has 19 heavy (non-hydrogen) atoms. The first-order valence-electron chi connectivity index (χ1n) is 5.52. The summed E-state index contributed by atoms with van der Waals surface area (Å²) in [7, 11) is 0. The summed E-state index contributed by atoms with van der Waals surface area (Å²) in [5, 5.41) is 5.11. The average molecular weight is 292 g/mol. The van der Waals surface area contributed by atoms with Crippen molar-refractivity contribution in [1.82, 2.24) is 5.32 Å². The number of halogens is 1. The lowest BCUT2D eigenvalue weighted by atomic mass is 10.1. The van der Waals surface area contributed by atoms with Crippen molar-refractivity contribution in [3.8, 4) is 0 Å². The molecule has 1 amide bonds. The molecule has 0 aliphatic heterocycles. The fourth-order valence-electron chi connectivity index (χ4n) is 1.51. The van der Waals surface area contributed by atoms with Gasteiger partial charge in [-0.05, 0) is 29.1 Å². The molecule has 0 radical (unpaired) electrons. The van der Waals surface area contributed by atoms with E-state index in [9.17, 15) is 9.59 Å². The molecule has 0 atom stereocenters. The van der Waals surface area contributed by atoms with Crippen molar-refractivity contribution in [3.63, 3.8) is 0 Å². The largest absolute Gasteiger partial charge is 0.346 e. The Morgan fingerprint density at radius 2 is 2.00 bits per heavy atom. The summed E-state index contributed by atoms with van der Waals surface area (Å²) in [5.74, 6) is 1.65. The highest BCUT2D eigenvalue weighted by molar-refractivity contribution is 7.12. The number of amides is 1. The van der Waals surface area contributed by atoms with Gasteiger partial charge in [-0.2, -0.15) is 0 Å².